The Morgan fingerprint density at radius 1 is 1.08 bits per heavy atom. The van der Waals surface area contributed by atoms with E-state index in [0.29, 0.717) is 0 Å². The number of β-amino-alcohol motifs (C(OH)–C–C–N with tert-alkyl or cyclic N) is 1. The van der Waals surface area contributed by atoms with E-state index < -0.39 is 41.8 Å². The highest BCUT2D eigenvalue weighted by Gasteiger charge is 2.42. The Kier molecular flexibility index (Phi) is 8.72. The molecule has 1 heterocycles. The number of fused-ring (bicyclic) bond motifs is 3. The number of amides is 2. The van der Waals surface area contributed by atoms with E-state index in [-0.39, 0.29) is 38.7 Å². The van der Waals surface area contributed by atoms with Crippen LogP contribution in [0.2, 0.25) is 0 Å². The molecule has 1 saturated heterocycles. The first-order valence-corrected chi connectivity index (χ1v) is 13.1. The number of hydrogen-bond acceptors (Lipinski definition) is 7. The molecule has 0 radical (unpaired) electrons. The standard InChI is InChI=1S/C30H36N2O7/c1-5-14-37-28(35)25(18-39-30(2,3)4)31-27(34)26-15-19(33)16-32(26)29(36)38-17-24-22-12-8-6-10-20(22)21-11-7-9-13-23(21)24/h5-13,19,24-26,33H,1,14-18H2,2-4H3,(H,31,34)/t19-,25+,26+/m1/s1. The Balaban J connectivity index is 1.44. The monoisotopic (exact) mass is 536 g/mol. The van der Waals surface area contributed by atoms with Gasteiger partial charge in [0.2, 0.25) is 5.91 Å². The van der Waals surface area contributed by atoms with Gasteiger partial charge in [0.05, 0.1) is 24.9 Å². The highest BCUT2D eigenvalue weighted by Crippen LogP contribution is 2.44. The number of benzene rings is 2. The van der Waals surface area contributed by atoms with Crippen LogP contribution in [0.4, 0.5) is 4.79 Å². The molecule has 2 aliphatic rings. The maximum Gasteiger partial charge on any atom is 0.410 e. The van der Waals surface area contributed by atoms with Gasteiger partial charge >= 0.3 is 12.1 Å². The first-order valence-electron chi connectivity index (χ1n) is 13.1. The zero-order chi connectivity index (χ0) is 28.2. The number of carbonyl (C=O) groups is 3. The van der Waals surface area contributed by atoms with Crippen LogP contribution < -0.4 is 5.32 Å². The SMILES string of the molecule is C=CCOC(=O)[C@H](COC(C)(C)C)NC(=O)[C@@H]1C[C@@H](O)CN1C(=O)OCC1c2ccccc2-c2ccccc21. The molecule has 0 aromatic heterocycles. The normalized spacial score (nSPS) is 19.1. The van der Waals surface area contributed by atoms with Gasteiger partial charge in [-0.1, -0.05) is 61.2 Å². The van der Waals surface area contributed by atoms with Crippen LogP contribution in [0.5, 0.6) is 0 Å². The highest BCUT2D eigenvalue weighted by molar-refractivity contribution is 5.90. The minimum atomic E-state index is -1.10. The van der Waals surface area contributed by atoms with Crippen LogP contribution in [-0.2, 0) is 23.8 Å². The van der Waals surface area contributed by atoms with E-state index in [9.17, 15) is 19.5 Å². The van der Waals surface area contributed by atoms with Crippen molar-refractivity contribution in [2.75, 3.05) is 26.4 Å². The van der Waals surface area contributed by atoms with Gasteiger partial charge in [-0.05, 0) is 43.0 Å². The third-order valence-electron chi connectivity index (χ3n) is 6.78. The molecule has 0 saturated carbocycles. The zero-order valence-electron chi connectivity index (χ0n) is 22.6. The molecule has 3 atom stereocenters. The van der Waals surface area contributed by atoms with Crippen LogP contribution in [0.15, 0.2) is 61.2 Å². The molecule has 1 fully saturated rings. The lowest BCUT2D eigenvalue weighted by molar-refractivity contribution is -0.150. The van der Waals surface area contributed by atoms with E-state index in [1.165, 1.54) is 11.0 Å². The van der Waals surface area contributed by atoms with Gasteiger partial charge in [-0.2, -0.15) is 0 Å². The molecule has 0 unspecified atom stereocenters. The second kappa shape index (κ2) is 12.0. The van der Waals surface area contributed by atoms with E-state index in [2.05, 4.69) is 11.9 Å². The summed E-state index contributed by atoms with van der Waals surface area (Å²) in [5.74, 6) is -1.42. The lowest BCUT2D eigenvalue weighted by Gasteiger charge is -2.27. The summed E-state index contributed by atoms with van der Waals surface area (Å²) >= 11 is 0. The van der Waals surface area contributed by atoms with E-state index >= 15 is 0 Å². The van der Waals surface area contributed by atoms with Gasteiger partial charge in [-0.25, -0.2) is 9.59 Å². The van der Waals surface area contributed by atoms with Crippen LogP contribution in [0, 0.1) is 0 Å². The van der Waals surface area contributed by atoms with Crippen LogP contribution >= 0.6 is 0 Å². The average Bonchev–Trinajstić information content (AvgIpc) is 3.46. The second-order valence-corrected chi connectivity index (χ2v) is 10.8. The number of ether oxygens (including phenoxy) is 3. The molecule has 9 heteroatoms. The maximum absolute atomic E-state index is 13.3. The van der Waals surface area contributed by atoms with Crippen LogP contribution in [0.1, 0.15) is 44.2 Å². The van der Waals surface area contributed by atoms with Crippen molar-refractivity contribution in [1.82, 2.24) is 10.2 Å². The van der Waals surface area contributed by atoms with E-state index in [1.54, 1.807) is 0 Å². The molecule has 39 heavy (non-hydrogen) atoms. The average molecular weight is 537 g/mol. The Labute approximate surface area is 228 Å². The Morgan fingerprint density at radius 3 is 2.28 bits per heavy atom. The number of esters is 1. The Bertz CT molecular complexity index is 1180. The molecule has 208 valence electrons. The molecule has 2 aromatic rings. The quantitative estimate of drug-likeness (QED) is 0.373. The molecule has 0 bridgehead atoms. The van der Waals surface area contributed by atoms with Gasteiger partial charge in [-0.15, -0.1) is 0 Å². The highest BCUT2D eigenvalue weighted by atomic mass is 16.6. The fourth-order valence-electron chi connectivity index (χ4n) is 4.95. The molecular weight excluding hydrogens is 500 g/mol. The zero-order valence-corrected chi connectivity index (χ0v) is 22.6. The molecule has 2 N–H and O–H groups in total. The van der Waals surface area contributed by atoms with Crippen LogP contribution in [0.3, 0.4) is 0 Å². The number of nitrogens with one attached hydrogen (secondary N) is 1. The minimum absolute atomic E-state index is 0.0184. The van der Waals surface area contributed by atoms with Gasteiger partial charge in [0.1, 0.15) is 19.3 Å². The number of rotatable bonds is 9. The number of nitrogens with zero attached hydrogens (tertiary/aromatic N) is 1. The Morgan fingerprint density at radius 2 is 1.69 bits per heavy atom. The van der Waals surface area contributed by atoms with Crippen LogP contribution in [0.25, 0.3) is 11.1 Å². The van der Waals surface area contributed by atoms with Crippen molar-refractivity contribution in [2.24, 2.45) is 0 Å². The van der Waals surface area contributed by atoms with Gasteiger partial charge in [0.25, 0.3) is 0 Å². The number of aliphatic hydroxyl groups excluding tert-OH is 1. The van der Waals surface area contributed by atoms with E-state index in [4.69, 9.17) is 14.2 Å². The minimum Gasteiger partial charge on any atom is -0.460 e. The molecule has 9 nitrogen and oxygen atoms in total. The maximum atomic E-state index is 13.3. The number of carbonyl (C=O) groups excluding carboxylic acids is 3. The third-order valence-corrected chi connectivity index (χ3v) is 6.78. The van der Waals surface area contributed by atoms with Crippen molar-refractivity contribution < 1.29 is 33.7 Å². The molecule has 0 spiro atoms. The number of likely N-dealkylation sites (tertiary alicyclic amines) is 1. The van der Waals surface area contributed by atoms with Gasteiger partial charge in [0, 0.05) is 12.3 Å². The number of hydrogen-bond donors (Lipinski definition) is 2. The van der Waals surface area contributed by atoms with Crippen molar-refractivity contribution >= 4 is 18.0 Å². The Hall–Kier alpha value is -3.69. The molecule has 1 aliphatic heterocycles. The lowest BCUT2D eigenvalue weighted by Crippen LogP contribution is -2.53. The lowest BCUT2D eigenvalue weighted by atomic mass is 9.98. The van der Waals surface area contributed by atoms with Gasteiger partial charge in [0.15, 0.2) is 6.04 Å². The predicted octanol–water partition coefficient (Wildman–Crippen LogP) is 3.40. The molecular formula is C30H36N2O7. The van der Waals surface area contributed by atoms with Crippen molar-refractivity contribution in [1.29, 1.82) is 0 Å². The summed E-state index contributed by atoms with van der Waals surface area (Å²) in [6.07, 6.45) is -0.165. The molecule has 4 rings (SSSR count). The first kappa shape index (κ1) is 28.3. The second-order valence-electron chi connectivity index (χ2n) is 10.8. The summed E-state index contributed by atoms with van der Waals surface area (Å²) in [6.45, 7) is 8.90. The van der Waals surface area contributed by atoms with Gasteiger partial charge < -0.3 is 24.6 Å². The molecule has 1 aliphatic carbocycles. The first-order chi connectivity index (χ1) is 18.6. The summed E-state index contributed by atoms with van der Waals surface area (Å²) in [7, 11) is 0. The van der Waals surface area contributed by atoms with E-state index in [1.807, 2.05) is 69.3 Å². The topological polar surface area (TPSA) is 114 Å². The third kappa shape index (κ3) is 6.66. The fourth-order valence-corrected chi connectivity index (χ4v) is 4.95. The molecule has 2 amide bonds. The fraction of sp³-hybridized carbons (Fsp3) is 0.433. The largest absolute Gasteiger partial charge is 0.460 e. The summed E-state index contributed by atoms with van der Waals surface area (Å²) < 4.78 is 16.6. The number of aliphatic hydroxyl groups is 1. The van der Waals surface area contributed by atoms with Crippen molar-refractivity contribution in [3.63, 3.8) is 0 Å². The van der Waals surface area contributed by atoms with Crippen molar-refractivity contribution in [2.45, 2.75) is 56.9 Å². The summed E-state index contributed by atoms with van der Waals surface area (Å²) in [4.78, 5) is 40.2. The smallest absolute Gasteiger partial charge is 0.410 e. The molecule has 2 aromatic carbocycles. The van der Waals surface area contributed by atoms with Gasteiger partial charge in [-0.3, -0.25) is 9.69 Å². The van der Waals surface area contributed by atoms with Crippen molar-refractivity contribution in [3.05, 3.63) is 72.3 Å². The van der Waals surface area contributed by atoms with E-state index in [0.717, 1.165) is 22.3 Å². The van der Waals surface area contributed by atoms with Crippen molar-refractivity contribution in [3.8, 4) is 11.1 Å². The summed E-state index contributed by atoms with van der Waals surface area (Å²) in [5.41, 5.74) is 3.80. The summed E-state index contributed by atoms with van der Waals surface area (Å²) in [6, 6.07) is 13.9. The van der Waals surface area contributed by atoms with Crippen LogP contribution in [-0.4, -0.2) is 78.1 Å². The summed E-state index contributed by atoms with van der Waals surface area (Å²) in [5, 5.41) is 13.0. The predicted molar refractivity (Wildman–Crippen MR) is 145 cm³/mol.